The molecular formula is C17H19NO2S. The van der Waals surface area contributed by atoms with Gasteiger partial charge in [0.15, 0.2) is 0 Å². The minimum Gasteiger partial charge on any atom is -0.493 e. The predicted octanol–water partition coefficient (Wildman–Crippen LogP) is 3.74. The molecule has 21 heavy (non-hydrogen) atoms. The van der Waals surface area contributed by atoms with Gasteiger partial charge in [-0.05, 0) is 29.7 Å². The van der Waals surface area contributed by atoms with Gasteiger partial charge in [-0.2, -0.15) is 0 Å². The van der Waals surface area contributed by atoms with Gasteiger partial charge in [-0.3, -0.25) is 4.79 Å². The summed E-state index contributed by atoms with van der Waals surface area (Å²) in [4.78, 5) is 14.2. The third kappa shape index (κ3) is 2.95. The summed E-state index contributed by atoms with van der Waals surface area (Å²) in [6.45, 7) is 5.56. The molecule has 0 aliphatic carbocycles. The lowest BCUT2D eigenvalue weighted by atomic mass is 10.1. The molecule has 1 aromatic heterocycles. The van der Waals surface area contributed by atoms with Crippen LogP contribution in [0.15, 0.2) is 30.3 Å². The van der Waals surface area contributed by atoms with Gasteiger partial charge in [0.05, 0.1) is 11.5 Å². The maximum absolute atomic E-state index is 12.2. The minimum absolute atomic E-state index is 0.0279. The molecule has 0 saturated heterocycles. The fraction of sp³-hybridized carbons (Fsp3) is 0.353. The van der Waals surface area contributed by atoms with Gasteiger partial charge in [-0.25, -0.2) is 0 Å². The van der Waals surface area contributed by atoms with E-state index in [9.17, 15) is 4.79 Å². The van der Waals surface area contributed by atoms with Gasteiger partial charge in [-0.15, -0.1) is 11.3 Å². The van der Waals surface area contributed by atoms with E-state index in [1.807, 2.05) is 24.3 Å². The molecular weight excluding hydrogens is 282 g/mol. The molecule has 0 radical (unpaired) electrons. The highest BCUT2D eigenvalue weighted by Crippen LogP contribution is 2.40. The van der Waals surface area contributed by atoms with Crippen molar-refractivity contribution in [2.75, 3.05) is 13.2 Å². The van der Waals surface area contributed by atoms with Gasteiger partial charge >= 0.3 is 0 Å². The summed E-state index contributed by atoms with van der Waals surface area (Å²) in [5, 5.41) is 2.99. The molecule has 1 amide bonds. The molecule has 0 atom stereocenters. The topological polar surface area (TPSA) is 38.3 Å². The number of hydrogen-bond acceptors (Lipinski definition) is 3. The zero-order chi connectivity index (χ0) is 14.8. The van der Waals surface area contributed by atoms with Gasteiger partial charge in [0.2, 0.25) is 0 Å². The quantitative estimate of drug-likeness (QED) is 0.938. The van der Waals surface area contributed by atoms with E-state index in [-0.39, 0.29) is 5.91 Å². The predicted molar refractivity (Wildman–Crippen MR) is 86.1 cm³/mol. The lowest BCUT2D eigenvalue weighted by molar-refractivity contribution is 0.0953. The maximum atomic E-state index is 12.2. The van der Waals surface area contributed by atoms with Crippen molar-refractivity contribution >= 4 is 17.2 Å². The average molecular weight is 301 g/mol. The Labute approximate surface area is 129 Å². The second kappa shape index (κ2) is 5.90. The van der Waals surface area contributed by atoms with Crippen LogP contribution in [0.5, 0.6) is 5.75 Å². The van der Waals surface area contributed by atoms with Crippen LogP contribution in [0.2, 0.25) is 0 Å². The summed E-state index contributed by atoms with van der Waals surface area (Å²) >= 11 is 1.56. The number of ether oxygens (including phenoxy) is 1. The third-order valence-corrected chi connectivity index (χ3v) is 4.67. The smallest absolute Gasteiger partial charge is 0.261 e. The summed E-state index contributed by atoms with van der Waals surface area (Å²) < 4.78 is 5.77. The van der Waals surface area contributed by atoms with Crippen molar-refractivity contribution in [3.05, 3.63) is 40.8 Å². The summed E-state index contributed by atoms with van der Waals surface area (Å²) in [5.74, 6) is 1.40. The molecule has 4 heteroatoms. The second-order valence-electron chi connectivity index (χ2n) is 5.66. The molecule has 1 N–H and O–H groups in total. The van der Waals surface area contributed by atoms with E-state index < -0.39 is 0 Å². The molecule has 0 bridgehead atoms. The van der Waals surface area contributed by atoms with E-state index in [1.165, 1.54) is 5.56 Å². The largest absolute Gasteiger partial charge is 0.493 e. The van der Waals surface area contributed by atoms with Crippen LogP contribution in [0.3, 0.4) is 0 Å². The molecule has 3 rings (SSSR count). The second-order valence-corrected chi connectivity index (χ2v) is 6.72. The summed E-state index contributed by atoms with van der Waals surface area (Å²) in [6.07, 6.45) is 0.845. The van der Waals surface area contributed by atoms with Gasteiger partial charge in [0.25, 0.3) is 5.91 Å². The Hall–Kier alpha value is -1.81. The molecule has 0 unspecified atom stereocenters. The number of para-hydroxylation sites is 1. The maximum Gasteiger partial charge on any atom is 0.261 e. The summed E-state index contributed by atoms with van der Waals surface area (Å²) in [6, 6.07) is 10.1. The Morgan fingerprint density at radius 1 is 1.38 bits per heavy atom. The van der Waals surface area contributed by atoms with Crippen molar-refractivity contribution in [1.29, 1.82) is 0 Å². The molecule has 1 aliphatic heterocycles. The molecule has 2 aromatic rings. The molecule has 3 nitrogen and oxygen atoms in total. The van der Waals surface area contributed by atoms with Crippen molar-refractivity contribution in [2.45, 2.75) is 20.3 Å². The fourth-order valence-corrected chi connectivity index (χ4v) is 3.55. The van der Waals surface area contributed by atoms with Crippen LogP contribution in [0.1, 0.15) is 29.1 Å². The number of hydrogen-bond donors (Lipinski definition) is 1. The first-order valence-corrected chi connectivity index (χ1v) is 8.10. The Morgan fingerprint density at radius 3 is 3.00 bits per heavy atom. The number of carbonyl (C=O) groups excluding carboxylic acids is 1. The van der Waals surface area contributed by atoms with Crippen LogP contribution < -0.4 is 10.1 Å². The van der Waals surface area contributed by atoms with Crippen LogP contribution in [0.4, 0.5) is 0 Å². The molecule has 110 valence electrons. The Morgan fingerprint density at radius 2 is 2.19 bits per heavy atom. The monoisotopic (exact) mass is 301 g/mol. The van der Waals surface area contributed by atoms with E-state index in [1.54, 1.807) is 11.3 Å². The van der Waals surface area contributed by atoms with Gasteiger partial charge in [0.1, 0.15) is 5.75 Å². The standard InChI is InChI=1S/C17H19NO2S/c1-11(2)10-18-17(19)15-9-12-7-8-20-14-6-4-3-5-13(14)16(12)21-15/h3-6,9,11H,7-8,10H2,1-2H3,(H,18,19). The highest BCUT2D eigenvalue weighted by molar-refractivity contribution is 7.17. The van der Waals surface area contributed by atoms with Crippen LogP contribution in [-0.4, -0.2) is 19.1 Å². The van der Waals surface area contributed by atoms with E-state index in [2.05, 4.69) is 25.2 Å². The number of nitrogens with one attached hydrogen (secondary N) is 1. The van der Waals surface area contributed by atoms with Crippen molar-refractivity contribution in [3.63, 3.8) is 0 Å². The lowest BCUT2D eigenvalue weighted by Gasteiger charge is -2.07. The zero-order valence-electron chi connectivity index (χ0n) is 12.3. The molecule has 2 heterocycles. The van der Waals surface area contributed by atoms with E-state index in [0.717, 1.165) is 27.5 Å². The molecule has 0 saturated carbocycles. The number of amides is 1. The van der Waals surface area contributed by atoms with E-state index >= 15 is 0 Å². The zero-order valence-corrected chi connectivity index (χ0v) is 13.1. The summed E-state index contributed by atoms with van der Waals surface area (Å²) in [5.41, 5.74) is 2.30. The van der Waals surface area contributed by atoms with E-state index in [0.29, 0.717) is 19.1 Å². The van der Waals surface area contributed by atoms with Crippen LogP contribution >= 0.6 is 11.3 Å². The highest BCUT2D eigenvalue weighted by atomic mass is 32.1. The molecule has 0 spiro atoms. The molecule has 1 aliphatic rings. The number of rotatable bonds is 3. The van der Waals surface area contributed by atoms with Gasteiger partial charge < -0.3 is 10.1 Å². The third-order valence-electron chi connectivity index (χ3n) is 3.46. The van der Waals surface area contributed by atoms with Crippen molar-refractivity contribution in [1.82, 2.24) is 5.32 Å². The van der Waals surface area contributed by atoms with Crippen molar-refractivity contribution in [3.8, 4) is 16.2 Å². The Kier molecular flexibility index (Phi) is 3.97. The van der Waals surface area contributed by atoms with Crippen molar-refractivity contribution in [2.24, 2.45) is 5.92 Å². The number of benzene rings is 1. The summed E-state index contributed by atoms with van der Waals surface area (Å²) in [7, 11) is 0. The van der Waals surface area contributed by atoms with Crippen LogP contribution in [-0.2, 0) is 6.42 Å². The van der Waals surface area contributed by atoms with Crippen LogP contribution in [0, 0.1) is 5.92 Å². The number of thiophene rings is 1. The van der Waals surface area contributed by atoms with Gasteiger partial charge in [0, 0.05) is 23.4 Å². The minimum atomic E-state index is 0.0279. The lowest BCUT2D eigenvalue weighted by Crippen LogP contribution is -2.26. The SMILES string of the molecule is CC(C)CNC(=O)c1cc2c(s1)-c1ccccc1OCC2. The Bertz CT molecular complexity index is 661. The first-order valence-electron chi connectivity index (χ1n) is 7.28. The Balaban J connectivity index is 1.92. The van der Waals surface area contributed by atoms with Crippen LogP contribution in [0.25, 0.3) is 10.4 Å². The number of carbonyl (C=O) groups is 1. The molecule has 1 aromatic carbocycles. The highest BCUT2D eigenvalue weighted by Gasteiger charge is 2.20. The first kappa shape index (κ1) is 14.1. The van der Waals surface area contributed by atoms with Crippen molar-refractivity contribution < 1.29 is 9.53 Å². The number of fused-ring (bicyclic) bond motifs is 3. The first-order chi connectivity index (χ1) is 10.1. The fourth-order valence-electron chi connectivity index (χ4n) is 2.39. The normalized spacial score (nSPS) is 13.1. The molecule has 0 fully saturated rings. The van der Waals surface area contributed by atoms with Gasteiger partial charge in [-0.1, -0.05) is 26.0 Å². The van der Waals surface area contributed by atoms with E-state index in [4.69, 9.17) is 4.74 Å². The average Bonchev–Trinajstić information content (AvgIpc) is 2.82.